The van der Waals surface area contributed by atoms with E-state index in [9.17, 15) is 19.5 Å². The van der Waals surface area contributed by atoms with Gasteiger partial charge in [0.1, 0.15) is 32.5 Å². The molecule has 0 aliphatic carbocycles. The summed E-state index contributed by atoms with van der Waals surface area (Å²) < 4.78 is 16.4. The van der Waals surface area contributed by atoms with Crippen molar-refractivity contribution in [1.29, 1.82) is 0 Å². The van der Waals surface area contributed by atoms with Crippen LogP contribution in [0.15, 0.2) is 71.4 Å². The van der Waals surface area contributed by atoms with E-state index in [-0.39, 0.29) is 36.6 Å². The number of para-hydroxylation sites is 2. The number of aromatic nitrogens is 4. The van der Waals surface area contributed by atoms with Gasteiger partial charge in [-0.05, 0) is 112 Å². The van der Waals surface area contributed by atoms with Crippen molar-refractivity contribution in [3.63, 3.8) is 0 Å². The number of hydrogen-bond donors (Lipinski definition) is 1. The first-order chi connectivity index (χ1) is 29.8. The fourth-order valence-corrected chi connectivity index (χ4v) is 9.58. The van der Waals surface area contributed by atoms with E-state index in [1.165, 1.54) is 11.3 Å². The number of esters is 1. The van der Waals surface area contributed by atoms with Crippen LogP contribution >= 0.6 is 22.7 Å². The Morgan fingerprint density at radius 2 is 1.14 bits per heavy atom. The molecule has 63 heavy (non-hydrogen) atoms. The first-order valence-electron chi connectivity index (χ1n) is 21.4. The van der Waals surface area contributed by atoms with Crippen LogP contribution in [0, 0.1) is 0 Å². The molecule has 332 valence electrons. The number of rotatable bonds is 7. The predicted molar refractivity (Wildman–Crippen MR) is 247 cm³/mol. The third-order valence-electron chi connectivity index (χ3n) is 10.5. The second-order valence-electron chi connectivity index (χ2n) is 18.2. The lowest BCUT2D eigenvalue weighted by atomic mass is 9.98. The molecule has 4 aromatic heterocycles. The second kappa shape index (κ2) is 18.3. The SMILES string of the molecule is CC(C)(C)OC(=O)N1CCC[C@H]1c1nc(-c2cc(C(C)(C)O)nc3ccccc23)cs1.CCOC(=O)c1cc(-c2csc([C@@H]3CCCN3C(=O)OC(C)(C)C)n2)c2ccccc2n1. The first kappa shape index (κ1) is 45.5. The summed E-state index contributed by atoms with van der Waals surface area (Å²) in [4.78, 5) is 60.2. The normalized spacial score (nSPS) is 16.9. The molecule has 1 N–H and O–H groups in total. The van der Waals surface area contributed by atoms with E-state index in [0.29, 0.717) is 24.3 Å². The van der Waals surface area contributed by atoms with Gasteiger partial charge in [0.05, 0.1) is 46.8 Å². The number of likely N-dealkylation sites (tertiary alicyclic amines) is 2. The first-order valence-corrected chi connectivity index (χ1v) is 23.2. The lowest BCUT2D eigenvalue weighted by Crippen LogP contribution is -2.36. The number of carbonyl (C=O) groups is 3. The zero-order valence-corrected chi connectivity index (χ0v) is 39.1. The molecule has 2 aliphatic heterocycles. The minimum Gasteiger partial charge on any atom is -0.461 e. The van der Waals surface area contributed by atoms with E-state index < -0.39 is 22.8 Å². The molecule has 6 heterocycles. The van der Waals surface area contributed by atoms with Gasteiger partial charge in [-0.2, -0.15) is 0 Å². The van der Waals surface area contributed by atoms with Crippen molar-refractivity contribution in [2.24, 2.45) is 0 Å². The smallest absolute Gasteiger partial charge is 0.410 e. The molecule has 2 fully saturated rings. The van der Waals surface area contributed by atoms with Crippen LogP contribution in [-0.2, 0) is 19.8 Å². The molecule has 0 spiro atoms. The Hall–Kier alpha value is -5.51. The van der Waals surface area contributed by atoms with E-state index in [4.69, 9.17) is 24.2 Å². The van der Waals surface area contributed by atoms with Crippen LogP contribution in [-0.4, -0.2) is 83.9 Å². The van der Waals surface area contributed by atoms with Gasteiger partial charge in [-0.1, -0.05) is 36.4 Å². The van der Waals surface area contributed by atoms with Crippen molar-refractivity contribution in [1.82, 2.24) is 29.7 Å². The number of fused-ring (bicyclic) bond motifs is 2. The van der Waals surface area contributed by atoms with Gasteiger partial charge in [0.2, 0.25) is 0 Å². The molecule has 2 aromatic carbocycles. The standard InChI is InChI=1S/C24H27N3O4S.C24H29N3O3S/c1-5-30-22(28)18-13-16(15-9-6-7-10-17(15)25-18)19-14-32-21(26-19)20-11-8-12-27(20)23(29)31-24(2,3)4;1-23(2,3)30-22(28)27-12-8-11-19(27)21-26-18(14-31-21)16-13-20(24(4,5)29)25-17-10-7-6-9-15(16)17/h6-7,9-10,13-14,20H,5,8,11-12H2,1-4H3;6-7,9-10,13-14,19,29H,8,11-12H2,1-5H3/t20-;19-/m00/s1. The molecule has 2 aliphatic rings. The lowest BCUT2D eigenvalue weighted by Gasteiger charge is -2.27. The van der Waals surface area contributed by atoms with Crippen LogP contribution in [0.5, 0.6) is 0 Å². The van der Waals surface area contributed by atoms with Gasteiger partial charge < -0.3 is 19.3 Å². The van der Waals surface area contributed by atoms with Gasteiger partial charge >= 0.3 is 18.2 Å². The highest BCUT2D eigenvalue weighted by Gasteiger charge is 2.36. The van der Waals surface area contributed by atoms with Crippen molar-refractivity contribution < 1.29 is 33.7 Å². The Morgan fingerprint density at radius 1 is 0.683 bits per heavy atom. The van der Waals surface area contributed by atoms with Crippen LogP contribution in [0.3, 0.4) is 0 Å². The largest absolute Gasteiger partial charge is 0.461 e. The van der Waals surface area contributed by atoms with E-state index in [1.807, 2.05) is 107 Å². The molecule has 2 saturated heterocycles. The van der Waals surface area contributed by atoms with Crippen LogP contribution in [0.25, 0.3) is 44.3 Å². The highest BCUT2D eigenvalue weighted by Crippen LogP contribution is 2.40. The van der Waals surface area contributed by atoms with Gasteiger partial charge in [0, 0.05) is 45.7 Å². The van der Waals surface area contributed by atoms with E-state index in [2.05, 4.69) is 9.97 Å². The minimum absolute atomic E-state index is 0.0737. The number of amides is 2. The maximum atomic E-state index is 12.7. The monoisotopic (exact) mass is 892 g/mol. The second-order valence-corrected chi connectivity index (χ2v) is 20.0. The number of ether oxygens (including phenoxy) is 3. The van der Waals surface area contributed by atoms with Gasteiger partial charge in [-0.25, -0.2) is 34.3 Å². The van der Waals surface area contributed by atoms with Crippen LogP contribution in [0.1, 0.15) is 126 Å². The summed E-state index contributed by atoms with van der Waals surface area (Å²) in [5, 5.41) is 18.2. The molecule has 0 bridgehead atoms. The average molecular weight is 893 g/mol. The number of aliphatic hydroxyl groups is 1. The topological polar surface area (TPSA) is 157 Å². The Bertz CT molecular complexity index is 2620. The van der Waals surface area contributed by atoms with Gasteiger partial charge in [0.15, 0.2) is 0 Å². The number of thiazole rings is 2. The van der Waals surface area contributed by atoms with E-state index >= 15 is 0 Å². The maximum Gasteiger partial charge on any atom is 0.410 e. The molecule has 0 saturated carbocycles. The quantitative estimate of drug-likeness (QED) is 0.120. The number of pyridine rings is 2. The fourth-order valence-electron chi connectivity index (χ4n) is 7.65. The number of nitrogens with zero attached hydrogens (tertiary/aromatic N) is 6. The van der Waals surface area contributed by atoms with Crippen LogP contribution in [0.2, 0.25) is 0 Å². The van der Waals surface area contributed by atoms with Crippen molar-refractivity contribution in [2.45, 2.75) is 117 Å². The molecule has 0 unspecified atom stereocenters. The van der Waals surface area contributed by atoms with Crippen molar-refractivity contribution >= 4 is 62.6 Å². The maximum absolute atomic E-state index is 12.7. The lowest BCUT2D eigenvalue weighted by molar-refractivity contribution is 0.0213. The Morgan fingerprint density at radius 3 is 1.60 bits per heavy atom. The van der Waals surface area contributed by atoms with Crippen molar-refractivity contribution in [3.8, 4) is 22.5 Å². The Balaban J connectivity index is 0.000000189. The summed E-state index contributed by atoms with van der Waals surface area (Å²) in [5.74, 6) is -0.457. The molecular weight excluding hydrogens is 837 g/mol. The van der Waals surface area contributed by atoms with Crippen molar-refractivity contribution in [2.75, 3.05) is 19.7 Å². The van der Waals surface area contributed by atoms with Crippen LogP contribution < -0.4 is 0 Å². The van der Waals surface area contributed by atoms with Gasteiger partial charge in [-0.15, -0.1) is 22.7 Å². The van der Waals surface area contributed by atoms with E-state index in [0.717, 1.165) is 74.5 Å². The van der Waals surface area contributed by atoms with E-state index in [1.54, 1.807) is 48.0 Å². The molecular formula is C48H56N6O7S2. The highest BCUT2D eigenvalue weighted by molar-refractivity contribution is 7.10. The zero-order chi connectivity index (χ0) is 45.3. The summed E-state index contributed by atoms with van der Waals surface area (Å²) in [7, 11) is 0. The average Bonchev–Trinajstić information content (AvgIpc) is 4.06. The molecule has 6 aromatic rings. The van der Waals surface area contributed by atoms with Gasteiger partial charge in [-0.3, -0.25) is 9.80 Å². The van der Waals surface area contributed by atoms with Crippen molar-refractivity contribution in [3.05, 3.63) is 92.8 Å². The Labute approximate surface area is 376 Å². The molecule has 0 radical (unpaired) electrons. The molecule has 8 rings (SSSR count). The summed E-state index contributed by atoms with van der Waals surface area (Å²) in [6.45, 7) is 18.1. The third-order valence-corrected chi connectivity index (χ3v) is 12.4. The number of hydrogen-bond acceptors (Lipinski definition) is 13. The molecule has 13 nitrogen and oxygen atoms in total. The predicted octanol–water partition coefficient (Wildman–Crippen LogP) is 11.3. The molecule has 2 atom stereocenters. The van der Waals surface area contributed by atoms with Gasteiger partial charge in [0.25, 0.3) is 0 Å². The Kier molecular flexibility index (Phi) is 13.2. The third kappa shape index (κ3) is 10.7. The number of benzene rings is 2. The zero-order valence-electron chi connectivity index (χ0n) is 37.4. The summed E-state index contributed by atoms with van der Waals surface area (Å²) in [6, 6.07) is 19.0. The number of carbonyl (C=O) groups excluding carboxylic acids is 3. The summed E-state index contributed by atoms with van der Waals surface area (Å²) >= 11 is 3.08. The molecule has 15 heteroatoms. The summed E-state index contributed by atoms with van der Waals surface area (Å²) in [6.07, 6.45) is 2.96. The molecule has 2 amide bonds. The summed E-state index contributed by atoms with van der Waals surface area (Å²) in [5.41, 5.74) is 3.61. The highest BCUT2D eigenvalue weighted by atomic mass is 32.1. The minimum atomic E-state index is -1.06. The fraction of sp³-hybridized carbons (Fsp3) is 0.438. The van der Waals surface area contributed by atoms with Crippen LogP contribution in [0.4, 0.5) is 9.59 Å².